The summed E-state index contributed by atoms with van der Waals surface area (Å²) in [6, 6.07) is 0. The minimum atomic E-state index is -0.581. The molecule has 0 aromatic heterocycles. The highest BCUT2D eigenvalue weighted by Gasteiger charge is 2.16. The van der Waals surface area contributed by atoms with Gasteiger partial charge in [-0.15, -0.1) is 0 Å². The smallest absolute Gasteiger partial charge is 0.434 e. The highest BCUT2D eigenvalue weighted by Crippen LogP contribution is 2.18. The van der Waals surface area contributed by atoms with E-state index in [-0.39, 0.29) is 25.2 Å². The molecule has 0 radical (unpaired) electrons. The van der Waals surface area contributed by atoms with E-state index in [0.29, 0.717) is 26.2 Å². The molecular formula is C44H87NO8. The van der Waals surface area contributed by atoms with Crippen LogP contribution in [0, 0.1) is 5.92 Å². The molecule has 316 valence electrons. The molecule has 0 spiro atoms. The lowest BCUT2D eigenvalue weighted by atomic mass is 10.0. The number of aliphatic hydroxyl groups excluding tert-OH is 2. The Morgan fingerprint density at radius 3 is 1.36 bits per heavy atom. The van der Waals surface area contributed by atoms with Gasteiger partial charge in [0.05, 0.1) is 19.8 Å². The second-order valence-electron chi connectivity index (χ2n) is 15.4. The van der Waals surface area contributed by atoms with Gasteiger partial charge in [-0.05, 0) is 83.1 Å². The van der Waals surface area contributed by atoms with Crippen molar-refractivity contribution in [2.75, 3.05) is 52.7 Å². The number of ether oxygens (including phenoxy) is 4. The molecule has 0 aromatic rings. The van der Waals surface area contributed by atoms with E-state index in [2.05, 4.69) is 25.7 Å². The number of unbranched alkanes of at least 4 members (excludes halogenated alkanes) is 20. The van der Waals surface area contributed by atoms with Gasteiger partial charge in [-0.25, -0.2) is 9.59 Å². The van der Waals surface area contributed by atoms with Crippen molar-refractivity contribution in [3.63, 3.8) is 0 Å². The summed E-state index contributed by atoms with van der Waals surface area (Å²) < 4.78 is 21.7. The Morgan fingerprint density at radius 1 is 0.472 bits per heavy atom. The van der Waals surface area contributed by atoms with E-state index < -0.39 is 12.3 Å². The molecule has 0 saturated carbocycles. The number of carbonyl (C=O) groups excluding carboxylic acids is 2. The zero-order valence-electron chi connectivity index (χ0n) is 35.1. The molecule has 2 N–H and O–H groups in total. The molecule has 0 amide bonds. The lowest BCUT2D eigenvalue weighted by molar-refractivity contribution is 0.0154. The number of rotatable bonds is 41. The summed E-state index contributed by atoms with van der Waals surface area (Å²) in [6.45, 7) is 10.6. The van der Waals surface area contributed by atoms with Crippen molar-refractivity contribution in [3.05, 3.63) is 0 Å². The first kappa shape index (κ1) is 51.4. The van der Waals surface area contributed by atoms with Crippen LogP contribution in [0.2, 0.25) is 0 Å². The van der Waals surface area contributed by atoms with Crippen LogP contribution in [0.25, 0.3) is 0 Å². The second-order valence-corrected chi connectivity index (χ2v) is 15.4. The quantitative estimate of drug-likeness (QED) is 0.0464. The van der Waals surface area contributed by atoms with Crippen molar-refractivity contribution in [1.82, 2.24) is 4.90 Å². The lowest BCUT2D eigenvalue weighted by Gasteiger charge is -2.26. The molecule has 9 heteroatoms. The van der Waals surface area contributed by atoms with E-state index in [4.69, 9.17) is 18.9 Å². The standard InChI is InChI=1S/C44H87NO8/c1-4-7-10-13-16-20-26-36-50-43(48)51-38-28-24-30-41(40-47)39-45(34-29-35-46)33-25-19-21-27-37-52-44(49)53-42(31-22-17-14-11-8-5-2)32-23-18-15-12-9-6-3/h41-42,46-47H,4-40H2,1-3H3. The van der Waals surface area contributed by atoms with E-state index in [9.17, 15) is 19.8 Å². The maximum absolute atomic E-state index is 12.5. The van der Waals surface area contributed by atoms with E-state index in [0.717, 1.165) is 103 Å². The largest absolute Gasteiger partial charge is 0.508 e. The van der Waals surface area contributed by atoms with Gasteiger partial charge in [-0.2, -0.15) is 0 Å². The molecule has 0 saturated heterocycles. The molecule has 0 bridgehead atoms. The van der Waals surface area contributed by atoms with Crippen LogP contribution in [0.3, 0.4) is 0 Å². The van der Waals surface area contributed by atoms with Gasteiger partial charge in [-0.1, -0.05) is 136 Å². The van der Waals surface area contributed by atoms with Crippen LogP contribution in [0.15, 0.2) is 0 Å². The summed E-state index contributed by atoms with van der Waals surface area (Å²) in [5, 5.41) is 19.5. The van der Waals surface area contributed by atoms with E-state index in [1.54, 1.807) is 0 Å². The molecule has 1 unspecified atom stereocenters. The summed E-state index contributed by atoms with van der Waals surface area (Å²) in [6.07, 6.45) is 30.9. The fourth-order valence-electron chi connectivity index (χ4n) is 6.82. The first-order valence-electron chi connectivity index (χ1n) is 22.6. The van der Waals surface area contributed by atoms with Crippen LogP contribution in [-0.4, -0.2) is 86.2 Å². The van der Waals surface area contributed by atoms with Crippen molar-refractivity contribution in [3.8, 4) is 0 Å². The summed E-state index contributed by atoms with van der Waals surface area (Å²) >= 11 is 0. The van der Waals surface area contributed by atoms with Gasteiger partial charge in [0.25, 0.3) is 0 Å². The Kier molecular flexibility index (Phi) is 40.3. The minimum absolute atomic E-state index is 0.0333. The monoisotopic (exact) mass is 758 g/mol. The molecule has 53 heavy (non-hydrogen) atoms. The van der Waals surface area contributed by atoms with E-state index >= 15 is 0 Å². The molecule has 1 atom stereocenters. The Labute approximate surface area is 327 Å². The predicted octanol–water partition coefficient (Wildman–Crippen LogP) is 11.9. The van der Waals surface area contributed by atoms with Gasteiger partial charge < -0.3 is 34.1 Å². The van der Waals surface area contributed by atoms with Crippen molar-refractivity contribution in [2.24, 2.45) is 5.92 Å². The van der Waals surface area contributed by atoms with Crippen LogP contribution in [-0.2, 0) is 18.9 Å². The Morgan fingerprint density at radius 2 is 0.868 bits per heavy atom. The molecule has 0 aliphatic carbocycles. The average Bonchev–Trinajstić information content (AvgIpc) is 3.16. The van der Waals surface area contributed by atoms with Gasteiger partial charge in [0, 0.05) is 26.3 Å². The van der Waals surface area contributed by atoms with Gasteiger partial charge in [-0.3, -0.25) is 0 Å². The van der Waals surface area contributed by atoms with Crippen LogP contribution in [0.1, 0.15) is 207 Å². The number of hydrogen-bond acceptors (Lipinski definition) is 9. The summed E-state index contributed by atoms with van der Waals surface area (Å²) in [4.78, 5) is 26.7. The third-order valence-corrected chi connectivity index (χ3v) is 10.2. The molecule has 9 nitrogen and oxygen atoms in total. The number of nitrogens with zero attached hydrogens (tertiary/aromatic N) is 1. The van der Waals surface area contributed by atoms with E-state index in [1.165, 1.54) is 96.3 Å². The van der Waals surface area contributed by atoms with Gasteiger partial charge in [0.15, 0.2) is 0 Å². The summed E-state index contributed by atoms with van der Waals surface area (Å²) in [5.74, 6) is 0.142. The number of hydrogen-bond donors (Lipinski definition) is 2. The van der Waals surface area contributed by atoms with Crippen molar-refractivity contribution in [1.29, 1.82) is 0 Å². The van der Waals surface area contributed by atoms with Crippen molar-refractivity contribution >= 4 is 12.3 Å². The normalized spacial score (nSPS) is 12.1. The maximum Gasteiger partial charge on any atom is 0.508 e. The van der Waals surface area contributed by atoms with E-state index in [1.807, 2.05) is 0 Å². The minimum Gasteiger partial charge on any atom is -0.434 e. The zero-order chi connectivity index (χ0) is 38.9. The predicted molar refractivity (Wildman–Crippen MR) is 219 cm³/mol. The van der Waals surface area contributed by atoms with Crippen molar-refractivity contribution in [2.45, 2.75) is 213 Å². The third kappa shape index (κ3) is 37.1. The first-order valence-corrected chi connectivity index (χ1v) is 22.6. The molecule has 0 heterocycles. The molecular weight excluding hydrogens is 670 g/mol. The fourth-order valence-corrected chi connectivity index (χ4v) is 6.82. The SMILES string of the molecule is CCCCCCCCCOC(=O)OCCCCC(CO)CN(CCCO)CCCCCCOC(=O)OC(CCCCCCCC)CCCCCCCC. The first-order chi connectivity index (χ1) is 26.0. The van der Waals surface area contributed by atoms with Crippen molar-refractivity contribution < 1.29 is 38.7 Å². The molecule has 0 rings (SSSR count). The zero-order valence-corrected chi connectivity index (χ0v) is 35.1. The maximum atomic E-state index is 12.5. The van der Waals surface area contributed by atoms with Gasteiger partial charge >= 0.3 is 12.3 Å². The Hall–Kier alpha value is -1.58. The molecule has 0 aromatic carbocycles. The van der Waals surface area contributed by atoms with Crippen LogP contribution in [0.5, 0.6) is 0 Å². The average molecular weight is 758 g/mol. The highest BCUT2D eigenvalue weighted by atomic mass is 16.7. The Balaban J connectivity index is 4.24. The van der Waals surface area contributed by atoms with Crippen LogP contribution in [0.4, 0.5) is 9.59 Å². The van der Waals surface area contributed by atoms with Gasteiger partial charge in [0.2, 0.25) is 0 Å². The molecule has 0 aliphatic heterocycles. The number of carbonyl (C=O) groups is 2. The topological polar surface area (TPSA) is 115 Å². The lowest BCUT2D eigenvalue weighted by Crippen LogP contribution is -2.33. The molecule has 0 aliphatic rings. The van der Waals surface area contributed by atoms with Gasteiger partial charge in [0.1, 0.15) is 6.10 Å². The van der Waals surface area contributed by atoms with Crippen LogP contribution < -0.4 is 0 Å². The second kappa shape index (κ2) is 41.6. The fraction of sp³-hybridized carbons (Fsp3) is 0.955. The summed E-state index contributed by atoms with van der Waals surface area (Å²) in [7, 11) is 0. The Bertz CT molecular complexity index is 754. The third-order valence-electron chi connectivity index (χ3n) is 10.2. The molecule has 0 fully saturated rings. The summed E-state index contributed by atoms with van der Waals surface area (Å²) in [5.41, 5.74) is 0. The number of aliphatic hydroxyl groups is 2. The van der Waals surface area contributed by atoms with Crippen LogP contribution >= 0.6 is 0 Å². The highest BCUT2D eigenvalue weighted by molar-refractivity contribution is 5.60.